The Kier molecular flexibility index (Phi) is 8.16. The fourth-order valence-electron chi connectivity index (χ4n) is 2.00. The van der Waals surface area contributed by atoms with E-state index >= 15 is 0 Å². The molecule has 0 bridgehead atoms. The number of halogens is 3. The molecule has 28 heavy (non-hydrogen) atoms. The van der Waals surface area contributed by atoms with E-state index in [-0.39, 0.29) is 23.7 Å². The molecule has 0 aliphatic carbocycles. The van der Waals surface area contributed by atoms with E-state index in [1.165, 1.54) is 24.4 Å². The molecule has 0 radical (unpaired) electrons. The van der Waals surface area contributed by atoms with Gasteiger partial charge in [0.05, 0.1) is 15.7 Å². The normalized spacial score (nSPS) is 10.5. The van der Waals surface area contributed by atoms with Crippen LogP contribution in [0.15, 0.2) is 58.6 Å². The second-order valence-electron chi connectivity index (χ2n) is 5.38. The van der Waals surface area contributed by atoms with Crippen molar-refractivity contribution in [1.29, 1.82) is 0 Å². The van der Waals surface area contributed by atoms with E-state index in [0.29, 0.717) is 15.8 Å². The number of amides is 2. The lowest BCUT2D eigenvalue weighted by Crippen LogP contribution is -2.37. The zero-order chi connectivity index (χ0) is 20.5. The van der Waals surface area contributed by atoms with Gasteiger partial charge in [0, 0.05) is 12.1 Å². The second kappa shape index (κ2) is 10.6. The van der Waals surface area contributed by atoms with Crippen LogP contribution in [0, 0.1) is 5.82 Å². The molecule has 0 spiro atoms. The number of carbonyl (C=O) groups is 2. The molecule has 0 fully saturated rings. The molecule has 6 nitrogen and oxygen atoms in total. The highest BCUT2D eigenvalue weighted by molar-refractivity contribution is 9.10. The number of hydrogen-bond donors (Lipinski definition) is 2. The van der Waals surface area contributed by atoms with Gasteiger partial charge in [-0.1, -0.05) is 23.7 Å². The molecule has 0 aromatic heterocycles. The molecule has 0 unspecified atom stereocenters. The Bertz CT molecular complexity index is 901. The predicted octanol–water partition coefficient (Wildman–Crippen LogP) is 3.57. The molecule has 0 saturated heterocycles. The number of ether oxygens (including phenoxy) is 1. The third kappa shape index (κ3) is 6.17. The Hall–Kier alpha value is -2.71. The van der Waals surface area contributed by atoms with Crippen LogP contribution in [0.3, 0.4) is 0 Å². The first-order valence-corrected chi connectivity index (χ1v) is 9.17. The lowest BCUT2D eigenvalue weighted by atomic mass is 10.2. The van der Waals surface area contributed by atoms with Gasteiger partial charge in [-0.25, -0.2) is 9.82 Å². The van der Waals surface area contributed by atoms with Gasteiger partial charge in [0.25, 0.3) is 0 Å². The van der Waals surface area contributed by atoms with E-state index in [4.69, 9.17) is 16.3 Å². The van der Waals surface area contributed by atoms with Gasteiger partial charge in [0.1, 0.15) is 18.2 Å². The van der Waals surface area contributed by atoms with Crippen molar-refractivity contribution in [2.75, 3.05) is 6.54 Å². The molecule has 0 heterocycles. The van der Waals surface area contributed by atoms with Crippen LogP contribution in [0.2, 0.25) is 5.02 Å². The fraction of sp³-hybridized carbons (Fsp3) is 0.105. The summed E-state index contributed by atoms with van der Waals surface area (Å²) in [7, 11) is 0. The smallest absolute Gasteiger partial charge is 0.329 e. The van der Waals surface area contributed by atoms with Crippen LogP contribution in [-0.4, -0.2) is 24.6 Å². The van der Waals surface area contributed by atoms with Gasteiger partial charge >= 0.3 is 11.8 Å². The van der Waals surface area contributed by atoms with Crippen molar-refractivity contribution in [3.63, 3.8) is 0 Å². The van der Waals surface area contributed by atoms with Crippen LogP contribution in [0.25, 0.3) is 0 Å². The minimum Gasteiger partial charge on any atom is -0.488 e. The summed E-state index contributed by atoms with van der Waals surface area (Å²) in [6.45, 7) is 3.58. The quantitative estimate of drug-likeness (QED) is 0.282. The van der Waals surface area contributed by atoms with Gasteiger partial charge in [-0.05, 0) is 51.8 Å². The van der Waals surface area contributed by atoms with Crippen LogP contribution >= 0.6 is 27.5 Å². The molecule has 2 rings (SSSR count). The van der Waals surface area contributed by atoms with Crippen LogP contribution in [0.4, 0.5) is 4.39 Å². The van der Waals surface area contributed by atoms with Crippen LogP contribution in [0.1, 0.15) is 11.1 Å². The Labute approximate surface area is 174 Å². The molecule has 2 amide bonds. The largest absolute Gasteiger partial charge is 0.488 e. The standard InChI is InChI=1S/C19H16BrClFN3O3/c1-2-8-23-18(26)19(27)25-24-10-12-6-7-17(14(20)9-12)28-11-13-15(21)4-3-5-16(13)22/h2-7,9-10H,1,8,11H2,(H,23,26)(H,25,27)/b24-10-. The average Bonchev–Trinajstić information content (AvgIpc) is 2.67. The van der Waals surface area contributed by atoms with E-state index in [1.807, 2.05) is 0 Å². The summed E-state index contributed by atoms with van der Waals surface area (Å²) in [5.74, 6) is -1.67. The van der Waals surface area contributed by atoms with Gasteiger partial charge in [0.2, 0.25) is 0 Å². The fourth-order valence-corrected chi connectivity index (χ4v) is 2.72. The first-order valence-electron chi connectivity index (χ1n) is 7.99. The first-order chi connectivity index (χ1) is 13.4. The number of rotatable bonds is 7. The van der Waals surface area contributed by atoms with Crippen molar-refractivity contribution in [2.45, 2.75) is 6.61 Å². The predicted molar refractivity (Wildman–Crippen MR) is 109 cm³/mol. The number of nitrogens with one attached hydrogen (secondary N) is 2. The molecular weight excluding hydrogens is 453 g/mol. The Balaban J connectivity index is 1.95. The first kappa shape index (κ1) is 21.6. The summed E-state index contributed by atoms with van der Waals surface area (Å²) in [5, 5.41) is 6.33. The van der Waals surface area contributed by atoms with Crippen LogP contribution in [0.5, 0.6) is 5.75 Å². The molecule has 0 aliphatic heterocycles. The monoisotopic (exact) mass is 467 g/mol. The highest BCUT2D eigenvalue weighted by atomic mass is 79.9. The SMILES string of the molecule is C=CCNC(=O)C(=O)N/N=C\c1ccc(OCc2c(F)cccc2Cl)c(Br)c1. The maximum atomic E-state index is 13.8. The number of nitrogens with zero attached hydrogens (tertiary/aromatic N) is 1. The van der Waals surface area contributed by atoms with Crippen LogP contribution < -0.4 is 15.5 Å². The van der Waals surface area contributed by atoms with E-state index in [1.54, 1.807) is 24.3 Å². The highest BCUT2D eigenvalue weighted by Gasteiger charge is 2.11. The topological polar surface area (TPSA) is 79.8 Å². The number of benzene rings is 2. The average molecular weight is 469 g/mol. The van der Waals surface area contributed by atoms with E-state index < -0.39 is 17.6 Å². The number of hydrogen-bond acceptors (Lipinski definition) is 4. The maximum absolute atomic E-state index is 13.8. The molecule has 2 aromatic rings. The summed E-state index contributed by atoms with van der Waals surface area (Å²) in [6.07, 6.45) is 2.82. The van der Waals surface area contributed by atoms with Crippen molar-refractivity contribution < 1.29 is 18.7 Å². The molecule has 146 valence electrons. The Morgan fingerprint density at radius 2 is 2.07 bits per heavy atom. The third-order valence-corrected chi connectivity index (χ3v) is 4.36. The molecule has 0 atom stereocenters. The third-order valence-electron chi connectivity index (χ3n) is 3.38. The van der Waals surface area contributed by atoms with E-state index in [9.17, 15) is 14.0 Å². The zero-order valence-electron chi connectivity index (χ0n) is 14.5. The van der Waals surface area contributed by atoms with Crippen molar-refractivity contribution >= 4 is 45.6 Å². The van der Waals surface area contributed by atoms with Crippen molar-refractivity contribution in [2.24, 2.45) is 5.10 Å². The minimum atomic E-state index is -0.890. The van der Waals surface area contributed by atoms with Gasteiger partial charge < -0.3 is 10.1 Å². The summed E-state index contributed by atoms with van der Waals surface area (Å²) >= 11 is 9.33. The van der Waals surface area contributed by atoms with Gasteiger partial charge in [-0.2, -0.15) is 5.10 Å². The van der Waals surface area contributed by atoms with E-state index in [0.717, 1.165) is 0 Å². The summed E-state index contributed by atoms with van der Waals surface area (Å²) in [5.41, 5.74) is 3.01. The van der Waals surface area contributed by atoms with Crippen molar-refractivity contribution in [3.05, 3.63) is 75.5 Å². The maximum Gasteiger partial charge on any atom is 0.329 e. The van der Waals surface area contributed by atoms with Gasteiger partial charge in [-0.15, -0.1) is 6.58 Å². The zero-order valence-corrected chi connectivity index (χ0v) is 16.9. The molecule has 9 heteroatoms. The lowest BCUT2D eigenvalue weighted by Gasteiger charge is -2.10. The molecule has 2 aromatic carbocycles. The molecule has 2 N–H and O–H groups in total. The molecule has 0 aliphatic rings. The van der Waals surface area contributed by atoms with Crippen molar-refractivity contribution in [1.82, 2.24) is 10.7 Å². The summed E-state index contributed by atoms with van der Waals surface area (Å²) in [6, 6.07) is 9.43. The highest BCUT2D eigenvalue weighted by Crippen LogP contribution is 2.28. The minimum absolute atomic E-state index is 0.0343. The van der Waals surface area contributed by atoms with Gasteiger partial charge in [-0.3, -0.25) is 9.59 Å². The van der Waals surface area contributed by atoms with Gasteiger partial charge in [0.15, 0.2) is 0 Å². The summed E-state index contributed by atoms with van der Waals surface area (Å²) in [4.78, 5) is 22.9. The Morgan fingerprint density at radius 1 is 1.29 bits per heavy atom. The van der Waals surface area contributed by atoms with Crippen LogP contribution in [-0.2, 0) is 16.2 Å². The van der Waals surface area contributed by atoms with Crippen molar-refractivity contribution in [3.8, 4) is 5.75 Å². The Morgan fingerprint density at radius 3 is 2.75 bits per heavy atom. The molecular formula is C19H16BrClFN3O3. The number of carbonyl (C=O) groups excluding carboxylic acids is 2. The second-order valence-corrected chi connectivity index (χ2v) is 6.64. The summed E-state index contributed by atoms with van der Waals surface area (Å²) < 4.78 is 20.0. The van der Waals surface area contributed by atoms with E-state index in [2.05, 4.69) is 38.4 Å². The lowest BCUT2D eigenvalue weighted by molar-refractivity contribution is -0.139. The number of hydrazone groups is 1. The molecule has 0 saturated carbocycles.